The lowest BCUT2D eigenvalue weighted by atomic mass is 10.1. The molecule has 6 nitrogen and oxygen atoms in total. The third-order valence-corrected chi connectivity index (χ3v) is 2.82. The SMILES string of the molecule is COCCC(NC(=O)Cc1ccc(OC)c(F)c1)C(=O)O. The van der Waals surface area contributed by atoms with Crippen molar-refractivity contribution < 1.29 is 28.6 Å². The summed E-state index contributed by atoms with van der Waals surface area (Å²) in [7, 11) is 2.79. The largest absolute Gasteiger partial charge is 0.494 e. The van der Waals surface area contributed by atoms with E-state index in [0.29, 0.717) is 5.56 Å². The normalized spacial score (nSPS) is 11.8. The minimum atomic E-state index is -1.14. The van der Waals surface area contributed by atoms with E-state index >= 15 is 0 Å². The van der Waals surface area contributed by atoms with Gasteiger partial charge in [0.25, 0.3) is 0 Å². The Kier molecular flexibility index (Phi) is 6.61. The number of nitrogens with one attached hydrogen (secondary N) is 1. The van der Waals surface area contributed by atoms with Crippen molar-refractivity contribution in [2.75, 3.05) is 20.8 Å². The standard InChI is InChI=1S/C14H18FNO5/c1-20-6-5-11(14(18)19)16-13(17)8-9-3-4-12(21-2)10(15)7-9/h3-4,7,11H,5-6,8H2,1-2H3,(H,16,17)(H,18,19). The molecule has 0 aliphatic carbocycles. The van der Waals surface area contributed by atoms with Gasteiger partial charge in [0, 0.05) is 20.1 Å². The number of aliphatic carboxylic acids is 1. The number of carboxylic acids is 1. The van der Waals surface area contributed by atoms with Crippen molar-refractivity contribution in [3.05, 3.63) is 29.6 Å². The maximum atomic E-state index is 13.5. The Labute approximate surface area is 121 Å². The molecule has 1 aromatic carbocycles. The summed E-state index contributed by atoms with van der Waals surface area (Å²) >= 11 is 0. The number of methoxy groups -OCH3 is 2. The Hall–Kier alpha value is -2.15. The maximum Gasteiger partial charge on any atom is 0.326 e. The number of halogens is 1. The zero-order chi connectivity index (χ0) is 15.8. The maximum absolute atomic E-state index is 13.5. The van der Waals surface area contributed by atoms with E-state index in [1.54, 1.807) is 6.07 Å². The molecule has 0 aliphatic rings. The molecule has 1 amide bonds. The zero-order valence-corrected chi connectivity index (χ0v) is 11.9. The minimum Gasteiger partial charge on any atom is -0.494 e. The number of hydrogen-bond acceptors (Lipinski definition) is 4. The number of ether oxygens (including phenoxy) is 2. The van der Waals surface area contributed by atoms with E-state index in [4.69, 9.17) is 14.6 Å². The van der Waals surface area contributed by atoms with Gasteiger partial charge < -0.3 is 19.9 Å². The smallest absolute Gasteiger partial charge is 0.326 e. The molecular formula is C14H18FNO5. The van der Waals surface area contributed by atoms with E-state index in [9.17, 15) is 14.0 Å². The van der Waals surface area contributed by atoms with Crippen LogP contribution in [0.3, 0.4) is 0 Å². The van der Waals surface area contributed by atoms with Crippen LogP contribution in [0.25, 0.3) is 0 Å². The molecule has 2 N–H and O–H groups in total. The van der Waals surface area contributed by atoms with Crippen LogP contribution in [0.1, 0.15) is 12.0 Å². The lowest BCUT2D eigenvalue weighted by molar-refractivity contribution is -0.142. The zero-order valence-electron chi connectivity index (χ0n) is 11.9. The molecule has 21 heavy (non-hydrogen) atoms. The van der Waals surface area contributed by atoms with Gasteiger partial charge in [-0.05, 0) is 17.7 Å². The number of hydrogen-bond donors (Lipinski definition) is 2. The lowest BCUT2D eigenvalue weighted by Crippen LogP contribution is -2.42. The fraction of sp³-hybridized carbons (Fsp3) is 0.429. The monoisotopic (exact) mass is 299 g/mol. The van der Waals surface area contributed by atoms with Crippen LogP contribution < -0.4 is 10.1 Å². The summed E-state index contributed by atoms with van der Waals surface area (Å²) in [6.45, 7) is 0.217. The van der Waals surface area contributed by atoms with Crippen LogP contribution in [0.15, 0.2) is 18.2 Å². The van der Waals surface area contributed by atoms with Gasteiger partial charge in [-0.25, -0.2) is 9.18 Å². The van der Waals surface area contributed by atoms with Crippen molar-refractivity contribution in [1.82, 2.24) is 5.32 Å². The van der Waals surface area contributed by atoms with Gasteiger partial charge in [0.1, 0.15) is 6.04 Å². The lowest BCUT2D eigenvalue weighted by Gasteiger charge is -2.14. The molecule has 1 unspecified atom stereocenters. The second-order valence-electron chi connectivity index (χ2n) is 4.39. The summed E-state index contributed by atoms with van der Waals surface area (Å²) in [5.74, 6) is -2.12. The summed E-state index contributed by atoms with van der Waals surface area (Å²) in [4.78, 5) is 22.8. The van der Waals surface area contributed by atoms with Crippen LogP contribution in [0.5, 0.6) is 5.75 Å². The molecule has 116 valence electrons. The summed E-state index contributed by atoms with van der Waals surface area (Å²) in [5, 5.41) is 11.4. The Morgan fingerprint density at radius 1 is 1.38 bits per heavy atom. The van der Waals surface area contributed by atoms with Gasteiger partial charge in [0.15, 0.2) is 11.6 Å². The molecule has 0 aliphatic heterocycles. The van der Waals surface area contributed by atoms with Crippen molar-refractivity contribution in [2.45, 2.75) is 18.9 Å². The quantitative estimate of drug-likeness (QED) is 0.747. The third kappa shape index (κ3) is 5.39. The van der Waals surface area contributed by atoms with E-state index < -0.39 is 23.7 Å². The van der Waals surface area contributed by atoms with Crippen LogP contribution in [-0.4, -0.2) is 43.9 Å². The first kappa shape index (κ1) is 16.9. The molecule has 0 bridgehead atoms. The number of benzene rings is 1. The molecule has 1 atom stereocenters. The number of carboxylic acid groups (broad SMARTS) is 1. The molecule has 1 rings (SSSR count). The van der Waals surface area contributed by atoms with Crippen LogP contribution >= 0.6 is 0 Å². The van der Waals surface area contributed by atoms with Crippen LogP contribution in [0.2, 0.25) is 0 Å². The third-order valence-electron chi connectivity index (χ3n) is 2.82. The summed E-state index contributed by atoms with van der Waals surface area (Å²) in [5.41, 5.74) is 0.432. The van der Waals surface area contributed by atoms with Gasteiger partial charge in [-0.3, -0.25) is 4.79 Å². The Bertz CT molecular complexity index is 506. The molecule has 0 heterocycles. The molecule has 0 aromatic heterocycles. The van der Waals surface area contributed by atoms with Gasteiger partial charge in [0.05, 0.1) is 13.5 Å². The van der Waals surface area contributed by atoms with Gasteiger partial charge >= 0.3 is 5.97 Å². The first-order valence-electron chi connectivity index (χ1n) is 6.31. The molecular weight excluding hydrogens is 281 g/mol. The van der Waals surface area contributed by atoms with E-state index in [2.05, 4.69) is 5.32 Å². The first-order valence-corrected chi connectivity index (χ1v) is 6.31. The number of carbonyl (C=O) groups excluding carboxylic acids is 1. The van der Waals surface area contributed by atoms with Crippen LogP contribution in [-0.2, 0) is 20.7 Å². The Morgan fingerprint density at radius 3 is 2.62 bits per heavy atom. The van der Waals surface area contributed by atoms with Crippen LogP contribution in [0.4, 0.5) is 4.39 Å². The predicted molar refractivity (Wildman–Crippen MR) is 72.7 cm³/mol. The highest BCUT2D eigenvalue weighted by molar-refractivity contribution is 5.84. The number of amides is 1. The second kappa shape index (κ2) is 8.21. The summed E-state index contributed by atoms with van der Waals surface area (Å²) in [6, 6.07) is 3.12. The average molecular weight is 299 g/mol. The highest BCUT2D eigenvalue weighted by atomic mass is 19.1. The first-order chi connectivity index (χ1) is 9.97. The molecule has 0 fully saturated rings. The van der Waals surface area contributed by atoms with Crippen molar-refractivity contribution in [3.63, 3.8) is 0 Å². The van der Waals surface area contributed by atoms with Crippen molar-refractivity contribution >= 4 is 11.9 Å². The highest BCUT2D eigenvalue weighted by Gasteiger charge is 2.19. The van der Waals surface area contributed by atoms with Crippen molar-refractivity contribution in [2.24, 2.45) is 0 Å². The number of rotatable bonds is 8. The summed E-state index contributed by atoms with van der Waals surface area (Å²) < 4.78 is 23.1. The molecule has 0 spiro atoms. The van der Waals surface area contributed by atoms with Gasteiger partial charge in [-0.1, -0.05) is 6.07 Å². The van der Waals surface area contributed by atoms with E-state index in [1.165, 1.54) is 26.4 Å². The van der Waals surface area contributed by atoms with E-state index in [1.807, 2.05) is 0 Å². The molecule has 1 aromatic rings. The highest BCUT2D eigenvalue weighted by Crippen LogP contribution is 2.17. The second-order valence-corrected chi connectivity index (χ2v) is 4.39. The van der Waals surface area contributed by atoms with Crippen molar-refractivity contribution in [1.29, 1.82) is 0 Å². The fourth-order valence-corrected chi connectivity index (χ4v) is 1.74. The van der Waals surface area contributed by atoms with E-state index in [-0.39, 0.29) is 25.2 Å². The summed E-state index contributed by atoms with van der Waals surface area (Å²) in [6.07, 6.45) is 0.0478. The average Bonchev–Trinajstić information content (AvgIpc) is 2.43. The fourth-order valence-electron chi connectivity index (χ4n) is 1.74. The van der Waals surface area contributed by atoms with Gasteiger partial charge in [-0.2, -0.15) is 0 Å². The molecule has 0 saturated heterocycles. The van der Waals surface area contributed by atoms with Gasteiger partial charge in [0.2, 0.25) is 5.91 Å². The van der Waals surface area contributed by atoms with Gasteiger partial charge in [-0.15, -0.1) is 0 Å². The molecule has 0 radical (unpaired) electrons. The number of carbonyl (C=O) groups is 2. The minimum absolute atomic E-state index is 0.0858. The van der Waals surface area contributed by atoms with Crippen molar-refractivity contribution in [3.8, 4) is 5.75 Å². The molecule has 0 saturated carbocycles. The van der Waals surface area contributed by atoms with Crippen LogP contribution in [0, 0.1) is 5.82 Å². The Morgan fingerprint density at radius 2 is 2.10 bits per heavy atom. The predicted octanol–water partition coefficient (Wildman–Crippen LogP) is 0.983. The van der Waals surface area contributed by atoms with E-state index in [0.717, 1.165) is 0 Å². The molecule has 7 heteroatoms. The Balaban J connectivity index is 2.63. The topological polar surface area (TPSA) is 84.9 Å².